The summed E-state index contributed by atoms with van der Waals surface area (Å²) in [5.74, 6) is -0.162. The van der Waals surface area contributed by atoms with Gasteiger partial charge in [0.1, 0.15) is 5.01 Å². The van der Waals surface area contributed by atoms with Crippen LogP contribution in [0.1, 0.15) is 10.6 Å². The van der Waals surface area contributed by atoms with E-state index < -0.39 is 6.03 Å². The number of hydrogen-bond acceptors (Lipinski definition) is 5. The van der Waals surface area contributed by atoms with Gasteiger partial charge in [-0.05, 0) is 23.8 Å². The molecule has 0 bridgehead atoms. The molecule has 0 radical (unpaired) electrons. The lowest BCUT2D eigenvalue weighted by Gasteiger charge is -2.05. The van der Waals surface area contributed by atoms with E-state index in [0.717, 1.165) is 16.9 Å². The minimum absolute atomic E-state index is 0.0993. The molecule has 0 atom stereocenters. The van der Waals surface area contributed by atoms with Crippen molar-refractivity contribution in [3.63, 3.8) is 0 Å². The first kappa shape index (κ1) is 18.8. The van der Waals surface area contributed by atoms with Crippen molar-refractivity contribution in [2.75, 3.05) is 10.6 Å². The maximum absolute atomic E-state index is 12.0. The van der Waals surface area contributed by atoms with E-state index in [1.807, 2.05) is 30.3 Å². The lowest BCUT2D eigenvalue weighted by molar-refractivity contribution is -0.120. The highest BCUT2D eigenvalue weighted by Gasteiger charge is 2.11. The number of nitrogens with one attached hydrogen (secondary N) is 3. The molecule has 0 saturated heterocycles. The molecule has 2 aromatic carbocycles. The highest BCUT2D eigenvalue weighted by Crippen LogP contribution is 2.18. The second-order valence-electron chi connectivity index (χ2n) is 5.53. The van der Waals surface area contributed by atoms with Crippen molar-refractivity contribution in [3.8, 4) is 0 Å². The van der Waals surface area contributed by atoms with Crippen LogP contribution in [0.25, 0.3) is 0 Å². The topological polar surface area (TPSA) is 96.0 Å². The third kappa shape index (κ3) is 6.05. The van der Waals surface area contributed by atoms with E-state index in [0.29, 0.717) is 27.4 Å². The first-order valence-electron chi connectivity index (χ1n) is 8.05. The average Bonchev–Trinajstić information content (AvgIpc) is 3.07. The summed E-state index contributed by atoms with van der Waals surface area (Å²) in [6.07, 6.45) is 0.0993. The zero-order chi connectivity index (χ0) is 19.1. The number of aromatic nitrogens is 2. The van der Waals surface area contributed by atoms with Crippen LogP contribution >= 0.6 is 22.9 Å². The van der Waals surface area contributed by atoms with Crippen LogP contribution in [0.4, 0.5) is 15.6 Å². The van der Waals surface area contributed by atoms with E-state index in [1.165, 1.54) is 0 Å². The van der Waals surface area contributed by atoms with Crippen LogP contribution in [0, 0.1) is 0 Å². The molecular weight excluding hydrogens is 386 g/mol. The Labute approximate surface area is 164 Å². The van der Waals surface area contributed by atoms with E-state index in [4.69, 9.17) is 11.6 Å². The summed E-state index contributed by atoms with van der Waals surface area (Å²) in [5.41, 5.74) is 1.58. The maximum Gasteiger partial charge on any atom is 0.325 e. The Morgan fingerprint density at radius 1 is 1.00 bits per heavy atom. The van der Waals surface area contributed by atoms with Gasteiger partial charge in [0.25, 0.3) is 0 Å². The van der Waals surface area contributed by atoms with Gasteiger partial charge >= 0.3 is 6.03 Å². The highest BCUT2D eigenvalue weighted by atomic mass is 35.5. The monoisotopic (exact) mass is 401 g/mol. The fourth-order valence-corrected chi connectivity index (χ4v) is 3.12. The molecule has 0 aliphatic rings. The molecule has 0 fully saturated rings. The second-order valence-corrected chi connectivity index (χ2v) is 7.03. The molecular formula is C18H16ClN5O2S. The number of amides is 3. The summed E-state index contributed by atoms with van der Waals surface area (Å²) < 4.78 is 0. The molecule has 0 aliphatic heterocycles. The van der Waals surface area contributed by atoms with E-state index in [1.54, 1.807) is 24.3 Å². The lowest BCUT2D eigenvalue weighted by atomic mass is 10.2. The largest absolute Gasteiger partial charge is 0.352 e. The number of urea groups is 1. The summed E-state index contributed by atoms with van der Waals surface area (Å²) in [6.45, 7) is 0.450. The smallest absolute Gasteiger partial charge is 0.325 e. The Hall–Kier alpha value is -2.97. The number of benzene rings is 2. The SMILES string of the molecule is O=C(Cc1nnc(NC(=O)Nc2cccc(Cl)c2)s1)NCc1ccccc1. The first-order valence-corrected chi connectivity index (χ1v) is 9.24. The molecule has 3 aromatic rings. The Kier molecular flexibility index (Phi) is 6.35. The van der Waals surface area contributed by atoms with Gasteiger partial charge in [-0.15, -0.1) is 10.2 Å². The van der Waals surface area contributed by atoms with Crippen molar-refractivity contribution in [2.45, 2.75) is 13.0 Å². The van der Waals surface area contributed by atoms with Gasteiger partial charge in [0.2, 0.25) is 11.0 Å². The van der Waals surface area contributed by atoms with Gasteiger partial charge in [0, 0.05) is 17.3 Å². The minimum atomic E-state index is -0.464. The number of carbonyl (C=O) groups is 2. The number of halogens is 1. The van der Waals surface area contributed by atoms with Crippen LogP contribution in [-0.4, -0.2) is 22.1 Å². The van der Waals surface area contributed by atoms with Crippen LogP contribution in [0.15, 0.2) is 54.6 Å². The van der Waals surface area contributed by atoms with Crippen molar-refractivity contribution in [3.05, 3.63) is 70.2 Å². The Balaban J connectivity index is 1.47. The van der Waals surface area contributed by atoms with Crippen molar-refractivity contribution in [2.24, 2.45) is 0 Å². The molecule has 3 N–H and O–H groups in total. The number of anilines is 2. The van der Waals surface area contributed by atoms with E-state index in [9.17, 15) is 9.59 Å². The number of rotatable bonds is 6. The van der Waals surface area contributed by atoms with Gasteiger partial charge in [0.15, 0.2) is 0 Å². The van der Waals surface area contributed by atoms with Gasteiger partial charge in [-0.1, -0.05) is 59.3 Å². The molecule has 27 heavy (non-hydrogen) atoms. The Morgan fingerprint density at radius 3 is 2.59 bits per heavy atom. The lowest BCUT2D eigenvalue weighted by Crippen LogP contribution is -2.24. The summed E-state index contributed by atoms with van der Waals surface area (Å²) in [4.78, 5) is 24.0. The van der Waals surface area contributed by atoms with Gasteiger partial charge in [0.05, 0.1) is 6.42 Å². The molecule has 138 valence electrons. The van der Waals surface area contributed by atoms with Crippen LogP contribution in [0.5, 0.6) is 0 Å². The zero-order valence-electron chi connectivity index (χ0n) is 14.1. The standard InChI is InChI=1S/C18H16ClN5O2S/c19-13-7-4-8-14(9-13)21-17(26)22-18-24-23-16(27-18)10-15(25)20-11-12-5-2-1-3-6-12/h1-9H,10-11H2,(H,20,25)(H2,21,22,24,26). The van der Waals surface area contributed by atoms with Gasteiger partial charge in [-0.25, -0.2) is 4.79 Å². The number of nitrogens with zero attached hydrogens (tertiary/aromatic N) is 2. The van der Waals surface area contributed by atoms with Gasteiger partial charge in [-0.2, -0.15) is 0 Å². The van der Waals surface area contributed by atoms with E-state index >= 15 is 0 Å². The zero-order valence-corrected chi connectivity index (χ0v) is 15.7. The average molecular weight is 402 g/mol. The molecule has 9 heteroatoms. The molecule has 7 nitrogen and oxygen atoms in total. The summed E-state index contributed by atoms with van der Waals surface area (Å²) in [5, 5.41) is 17.2. The van der Waals surface area contributed by atoms with Gasteiger partial charge < -0.3 is 10.6 Å². The normalized spacial score (nSPS) is 10.3. The molecule has 0 aliphatic carbocycles. The van der Waals surface area contributed by atoms with Crippen LogP contribution in [-0.2, 0) is 17.8 Å². The van der Waals surface area contributed by atoms with Crippen molar-refractivity contribution in [1.82, 2.24) is 15.5 Å². The Morgan fingerprint density at radius 2 is 1.81 bits per heavy atom. The highest BCUT2D eigenvalue weighted by molar-refractivity contribution is 7.15. The minimum Gasteiger partial charge on any atom is -0.352 e. The summed E-state index contributed by atoms with van der Waals surface area (Å²) in [6, 6.07) is 15.9. The van der Waals surface area contributed by atoms with Crippen molar-refractivity contribution < 1.29 is 9.59 Å². The fourth-order valence-electron chi connectivity index (χ4n) is 2.20. The summed E-state index contributed by atoms with van der Waals surface area (Å²) in [7, 11) is 0. The van der Waals surface area contributed by atoms with Crippen LogP contribution < -0.4 is 16.0 Å². The summed E-state index contributed by atoms with van der Waals surface area (Å²) >= 11 is 7.02. The third-order valence-corrected chi connectivity index (χ3v) is 4.49. The molecule has 1 aromatic heterocycles. The molecule has 3 rings (SSSR count). The van der Waals surface area contributed by atoms with Crippen molar-refractivity contribution in [1.29, 1.82) is 0 Å². The second kappa shape index (κ2) is 9.11. The van der Waals surface area contributed by atoms with Gasteiger partial charge in [-0.3, -0.25) is 10.1 Å². The van der Waals surface area contributed by atoms with E-state index in [-0.39, 0.29) is 12.3 Å². The quantitative estimate of drug-likeness (QED) is 0.586. The molecule has 0 unspecified atom stereocenters. The van der Waals surface area contributed by atoms with Crippen LogP contribution in [0.2, 0.25) is 5.02 Å². The fraction of sp³-hybridized carbons (Fsp3) is 0.111. The van der Waals surface area contributed by atoms with Crippen LogP contribution in [0.3, 0.4) is 0 Å². The maximum atomic E-state index is 12.0. The van der Waals surface area contributed by atoms with E-state index in [2.05, 4.69) is 26.1 Å². The predicted octanol–water partition coefficient (Wildman–Crippen LogP) is 3.69. The molecule has 0 saturated carbocycles. The molecule has 0 spiro atoms. The third-order valence-electron chi connectivity index (χ3n) is 3.41. The number of carbonyl (C=O) groups excluding carboxylic acids is 2. The number of hydrogen-bond donors (Lipinski definition) is 3. The Bertz CT molecular complexity index is 932. The first-order chi connectivity index (χ1) is 13.1. The predicted molar refractivity (Wildman–Crippen MR) is 106 cm³/mol. The molecule has 3 amide bonds. The van der Waals surface area contributed by atoms with Crippen molar-refractivity contribution >= 4 is 45.7 Å². The molecule has 1 heterocycles.